The van der Waals surface area contributed by atoms with Crippen LogP contribution in [-0.4, -0.2) is 26.4 Å². The third-order valence-electron chi connectivity index (χ3n) is 5.12. The topological polar surface area (TPSA) is 59.8 Å². The Labute approximate surface area is 193 Å². The normalized spacial score (nSPS) is 12.4. The van der Waals surface area contributed by atoms with Gasteiger partial charge < -0.3 is 5.32 Å². The number of nitrogens with one attached hydrogen (secondary N) is 1. The molecule has 0 saturated heterocycles. The smallest absolute Gasteiger partial charge is 0.230 e. The van der Waals surface area contributed by atoms with Gasteiger partial charge in [0.25, 0.3) is 0 Å². The minimum atomic E-state index is -0.298. The lowest BCUT2D eigenvalue weighted by Gasteiger charge is -2.19. The summed E-state index contributed by atoms with van der Waals surface area (Å²) in [6.07, 6.45) is 1.79. The number of carbonyl (C=O) groups is 1. The van der Waals surface area contributed by atoms with E-state index >= 15 is 0 Å². The molecule has 168 valence electrons. The molecule has 0 bridgehead atoms. The molecule has 3 aromatic rings. The molecule has 2 aromatic carbocycles. The predicted molar refractivity (Wildman–Crippen MR) is 128 cm³/mol. The van der Waals surface area contributed by atoms with Crippen LogP contribution >= 0.6 is 11.8 Å². The SMILES string of the molecule is C=CCn1c(SCC(=O)NC(C)c2ccc(F)cc2)nnc1-c1ccc(C(C)(C)C)cc1. The fourth-order valence-corrected chi connectivity index (χ4v) is 4.03. The lowest BCUT2D eigenvalue weighted by molar-refractivity contribution is -0.119. The standard InChI is InChI=1S/C25H29FN4OS/c1-6-15-30-23(19-7-11-20(12-8-19)25(3,4)5)28-29-24(30)32-16-22(31)27-17(2)18-9-13-21(26)14-10-18/h6-14,17H,1,15-16H2,2-5H3,(H,27,31). The van der Waals surface area contributed by atoms with Crippen LogP contribution in [0.25, 0.3) is 11.4 Å². The highest BCUT2D eigenvalue weighted by molar-refractivity contribution is 7.99. The highest BCUT2D eigenvalue weighted by Gasteiger charge is 2.18. The van der Waals surface area contributed by atoms with Gasteiger partial charge in [-0.25, -0.2) is 4.39 Å². The quantitative estimate of drug-likeness (QED) is 0.360. The molecule has 1 amide bonds. The number of amides is 1. The molecule has 1 N–H and O–H groups in total. The minimum Gasteiger partial charge on any atom is -0.349 e. The predicted octanol–water partition coefficient (Wildman–Crippen LogP) is 5.54. The molecule has 0 spiro atoms. The molecular formula is C25H29FN4OS. The first-order chi connectivity index (χ1) is 15.2. The van der Waals surface area contributed by atoms with Crippen molar-refractivity contribution in [2.45, 2.75) is 50.9 Å². The van der Waals surface area contributed by atoms with Crippen LogP contribution in [0.2, 0.25) is 0 Å². The molecule has 3 rings (SSSR count). The molecule has 1 aromatic heterocycles. The molecule has 0 saturated carbocycles. The maximum Gasteiger partial charge on any atom is 0.230 e. The van der Waals surface area contributed by atoms with E-state index in [9.17, 15) is 9.18 Å². The summed E-state index contributed by atoms with van der Waals surface area (Å²) in [6.45, 7) is 12.8. The van der Waals surface area contributed by atoms with Crippen molar-refractivity contribution in [1.29, 1.82) is 0 Å². The number of rotatable bonds is 8. The second kappa shape index (κ2) is 10.1. The van der Waals surface area contributed by atoms with Crippen molar-refractivity contribution in [2.24, 2.45) is 0 Å². The van der Waals surface area contributed by atoms with Crippen LogP contribution in [0.1, 0.15) is 44.9 Å². The summed E-state index contributed by atoms with van der Waals surface area (Å²) in [5.41, 5.74) is 3.14. The first-order valence-corrected chi connectivity index (χ1v) is 11.5. The van der Waals surface area contributed by atoms with Gasteiger partial charge in [-0.15, -0.1) is 16.8 Å². The fraction of sp³-hybridized carbons (Fsp3) is 0.320. The summed E-state index contributed by atoms with van der Waals surface area (Å²) in [5, 5.41) is 12.3. The van der Waals surface area contributed by atoms with E-state index in [1.165, 1.54) is 29.5 Å². The molecule has 0 aliphatic heterocycles. The van der Waals surface area contributed by atoms with Crippen LogP contribution in [0.15, 0.2) is 66.3 Å². The van der Waals surface area contributed by atoms with E-state index in [0.29, 0.717) is 11.7 Å². The van der Waals surface area contributed by atoms with Crippen LogP contribution in [0.5, 0.6) is 0 Å². The maximum atomic E-state index is 13.1. The first kappa shape index (κ1) is 23.7. The van der Waals surface area contributed by atoms with Gasteiger partial charge in [-0.05, 0) is 35.6 Å². The van der Waals surface area contributed by atoms with Crippen LogP contribution < -0.4 is 5.32 Å². The van der Waals surface area contributed by atoms with Gasteiger partial charge in [0, 0.05) is 12.1 Å². The number of thioether (sulfide) groups is 1. The molecule has 32 heavy (non-hydrogen) atoms. The average Bonchev–Trinajstić information content (AvgIpc) is 3.15. The number of carbonyl (C=O) groups excluding carboxylic acids is 1. The van der Waals surface area contributed by atoms with Crippen LogP contribution in [0, 0.1) is 5.82 Å². The van der Waals surface area contributed by atoms with E-state index in [4.69, 9.17) is 0 Å². The number of halogens is 1. The largest absolute Gasteiger partial charge is 0.349 e. The van der Waals surface area contributed by atoms with E-state index in [1.807, 2.05) is 11.5 Å². The second-order valence-corrected chi connectivity index (χ2v) is 9.60. The lowest BCUT2D eigenvalue weighted by atomic mass is 9.87. The zero-order valence-corrected chi connectivity index (χ0v) is 19.7. The summed E-state index contributed by atoms with van der Waals surface area (Å²) >= 11 is 1.33. The Kier molecular flexibility index (Phi) is 7.51. The molecular weight excluding hydrogens is 423 g/mol. The molecule has 7 heteroatoms. The van der Waals surface area contributed by atoms with Crippen molar-refractivity contribution < 1.29 is 9.18 Å². The highest BCUT2D eigenvalue weighted by atomic mass is 32.2. The van der Waals surface area contributed by atoms with Gasteiger partial charge in [0.05, 0.1) is 11.8 Å². The first-order valence-electron chi connectivity index (χ1n) is 10.5. The summed E-state index contributed by atoms with van der Waals surface area (Å²) in [5.74, 6) is 0.515. The van der Waals surface area contributed by atoms with E-state index in [1.54, 1.807) is 18.2 Å². The summed E-state index contributed by atoms with van der Waals surface area (Å²) < 4.78 is 15.1. The number of hydrogen-bond donors (Lipinski definition) is 1. The average molecular weight is 453 g/mol. The van der Waals surface area contributed by atoms with Crippen molar-refractivity contribution in [2.75, 3.05) is 5.75 Å². The van der Waals surface area contributed by atoms with Gasteiger partial charge in [0.2, 0.25) is 5.91 Å². The van der Waals surface area contributed by atoms with Crippen molar-refractivity contribution in [3.05, 3.63) is 78.1 Å². The van der Waals surface area contributed by atoms with Crippen LogP contribution in [0.3, 0.4) is 0 Å². The van der Waals surface area contributed by atoms with Gasteiger partial charge >= 0.3 is 0 Å². The Bertz CT molecular complexity index is 1070. The number of allylic oxidation sites excluding steroid dienone is 1. The number of hydrogen-bond acceptors (Lipinski definition) is 4. The Morgan fingerprint density at radius 3 is 2.41 bits per heavy atom. The molecule has 0 fully saturated rings. The molecule has 0 aliphatic rings. The van der Waals surface area contributed by atoms with E-state index in [-0.39, 0.29) is 28.9 Å². The molecule has 1 unspecified atom stereocenters. The Balaban J connectivity index is 1.69. The third-order valence-corrected chi connectivity index (χ3v) is 6.08. The minimum absolute atomic E-state index is 0.0761. The highest BCUT2D eigenvalue weighted by Crippen LogP contribution is 2.28. The van der Waals surface area contributed by atoms with Gasteiger partial charge in [0.1, 0.15) is 5.82 Å². The Hall–Kier alpha value is -2.93. The Morgan fingerprint density at radius 2 is 1.81 bits per heavy atom. The Morgan fingerprint density at radius 1 is 1.16 bits per heavy atom. The maximum absolute atomic E-state index is 13.1. The van der Waals surface area contributed by atoms with Gasteiger partial charge in [0.15, 0.2) is 11.0 Å². The van der Waals surface area contributed by atoms with Crippen LogP contribution in [0.4, 0.5) is 4.39 Å². The van der Waals surface area contributed by atoms with Gasteiger partial charge in [-0.1, -0.05) is 75.0 Å². The zero-order valence-electron chi connectivity index (χ0n) is 18.9. The summed E-state index contributed by atoms with van der Waals surface area (Å²) in [6, 6.07) is 14.2. The van der Waals surface area contributed by atoms with E-state index in [0.717, 1.165) is 17.0 Å². The summed E-state index contributed by atoms with van der Waals surface area (Å²) in [7, 11) is 0. The lowest BCUT2D eigenvalue weighted by Crippen LogP contribution is -2.28. The monoisotopic (exact) mass is 452 g/mol. The van der Waals surface area contributed by atoms with Gasteiger partial charge in [-0.2, -0.15) is 0 Å². The molecule has 1 heterocycles. The fourth-order valence-electron chi connectivity index (χ4n) is 3.27. The number of nitrogens with zero attached hydrogens (tertiary/aromatic N) is 3. The number of aromatic nitrogens is 3. The van der Waals surface area contributed by atoms with Crippen molar-refractivity contribution in [1.82, 2.24) is 20.1 Å². The van der Waals surface area contributed by atoms with Crippen molar-refractivity contribution >= 4 is 17.7 Å². The molecule has 5 nitrogen and oxygen atoms in total. The van der Waals surface area contributed by atoms with Crippen molar-refractivity contribution in [3.63, 3.8) is 0 Å². The summed E-state index contributed by atoms with van der Waals surface area (Å²) in [4.78, 5) is 12.5. The third kappa shape index (κ3) is 5.85. The van der Waals surface area contributed by atoms with E-state index in [2.05, 4.69) is 67.1 Å². The molecule has 0 aliphatic carbocycles. The van der Waals surface area contributed by atoms with E-state index < -0.39 is 0 Å². The zero-order chi connectivity index (χ0) is 23.3. The molecule has 1 atom stereocenters. The number of benzene rings is 2. The molecule has 0 radical (unpaired) electrons. The van der Waals surface area contributed by atoms with Gasteiger partial charge in [-0.3, -0.25) is 9.36 Å². The van der Waals surface area contributed by atoms with Crippen LogP contribution in [-0.2, 0) is 16.8 Å². The van der Waals surface area contributed by atoms with Crippen molar-refractivity contribution in [3.8, 4) is 11.4 Å². The second-order valence-electron chi connectivity index (χ2n) is 8.66.